The number of hydrogen-bond acceptors (Lipinski definition) is 5. The maximum atomic E-state index is 13.2. The lowest BCUT2D eigenvalue weighted by Crippen LogP contribution is -2.58. The third-order valence-corrected chi connectivity index (χ3v) is 6.55. The summed E-state index contributed by atoms with van der Waals surface area (Å²) in [7, 11) is 1.54. The van der Waals surface area contributed by atoms with E-state index >= 15 is 0 Å². The van der Waals surface area contributed by atoms with Crippen molar-refractivity contribution >= 4 is 11.7 Å². The van der Waals surface area contributed by atoms with Gasteiger partial charge in [0.15, 0.2) is 12.4 Å². The SMILES string of the molecule is COc1ccc(C(=O)c2ccccc2)c(OCC(=O)N2C[C@H](C)N(Cc3ccc(F)cc3)C[C@H]2C)c1. The highest BCUT2D eigenvalue weighted by atomic mass is 19.1. The van der Waals surface area contributed by atoms with Gasteiger partial charge in [-0.25, -0.2) is 4.39 Å². The molecular formula is C29H31FN2O4. The molecular weight excluding hydrogens is 459 g/mol. The maximum Gasteiger partial charge on any atom is 0.260 e. The zero-order chi connectivity index (χ0) is 25.7. The number of ketones is 1. The number of halogens is 1. The fourth-order valence-electron chi connectivity index (χ4n) is 4.49. The Morgan fingerprint density at radius 2 is 1.67 bits per heavy atom. The first-order valence-electron chi connectivity index (χ1n) is 12.0. The van der Waals surface area contributed by atoms with Crippen LogP contribution in [0.4, 0.5) is 4.39 Å². The molecule has 7 heteroatoms. The average Bonchev–Trinajstić information content (AvgIpc) is 2.90. The van der Waals surface area contributed by atoms with Crippen LogP contribution in [0.1, 0.15) is 35.3 Å². The first-order chi connectivity index (χ1) is 17.4. The van der Waals surface area contributed by atoms with Crippen molar-refractivity contribution in [3.63, 3.8) is 0 Å². The Kier molecular flexibility index (Phi) is 8.00. The third-order valence-electron chi connectivity index (χ3n) is 6.55. The second kappa shape index (κ2) is 11.4. The quantitative estimate of drug-likeness (QED) is 0.433. The standard InChI is InChI=1S/C29H31FN2O4/c1-20-17-32(21(2)16-31(20)18-22-9-11-24(30)12-10-22)28(33)19-36-27-15-25(35-3)13-14-26(27)29(34)23-7-5-4-6-8-23/h4-15,20-21H,16-19H2,1-3H3/t20-,21+/m0/s1. The number of rotatable bonds is 8. The highest BCUT2D eigenvalue weighted by molar-refractivity contribution is 6.10. The summed E-state index contributed by atoms with van der Waals surface area (Å²) in [6, 6.07) is 20.6. The van der Waals surface area contributed by atoms with Crippen LogP contribution in [0.2, 0.25) is 0 Å². The highest BCUT2D eigenvalue weighted by Crippen LogP contribution is 2.27. The lowest BCUT2D eigenvalue weighted by molar-refractivity contribution is -0.139. The van der Waals surface area contributed by atoms with Gasteiger partial charge in [0.25, 0.3) is 5.91 Å². The molecule has 1 aliphatic heterocycles. The summed E-state index contributed by atoms with van der Waals surface area (Å²) < 4.78 is 24.5. The van der Waals surface area contributed by atoms with E-state index in [1.54, 1.807) is 54.6 Å². The lowest BCUT2D eigenvalue weighted by Gasteiger charge is -2.44. The minimum Gasteiger partial charge on any atom is -0.497 e. The van der Waals surface area contributed by atoms with Crippen molar-refractivity contribution in [1.82, 2.24) is 9.80 Å². The van der Waals surface area contributed by atoms with Gasteiger partial charge in [0.2, 0.25) is 0 Å². The molecule has 0 spiro atoms. The van der Waals surface area contributed by atoms with Gasteiger partial charge in [0.1, 0.15) is 17.3 Å². The van der Waals surface area contributed by atoms with Crippen molar-refractivity contribution in [3.05, 3.63) is 95.3 Å². The second-order valence-electron chi connectivity index (χ2n) is 9.15. The minimum absolute atomic E-state index is 0.0199. The van der Waals surface area contributed by atoms with Crippen molar-refractivity contribution in [3.8, 4) is 11.5 Å². The molecule has 3 aromatic rings. The Morgan fingerprint density at radius 3 is 2.36 bits per heavy atom. The number of benzene rings is 3. The van der Waals surface area contributed by atoms with E-state index in [2.05, 4.69) is 11.8 Å². The number of piperazine rings is 1. The van der Waals surface area contributed by atoms with Crippen LogP contribution < -0.4 is 9.47 Å². The van der Waals surface area contributed by atoms with Crippen molar-refractivity contribution < 1.29 is 23.5 Å². The Balaban J connectivity index is 1.42. The molecule has 188 valence electrons. The fraction of sp³-hybridized carbons (Fsp3) is 0.310. The molecule has 0 bridgehead atoms. The van der Waals surface area contributed by atoms with E-state index in [4.69, 9.17) is 9.47 Å². The van der Waals surface area contributed by atoms with Crippen LogP contribution in [0, 0.1) is 5.82 Å². The van der Waals surface area contributed by atoms with Gasteiger partial charge in [0, 0.05) is 43.3 Å². The Labute approximate surface area is 211 Å². The predicted octanol–water partition coefficient (Wildman–Crippen LogP) is 4.57. The van der Waals surface area contributed by atoms with E-state index in [9.17, 15) is 14.0 Å². The van der Waals surface area contributed by atoms with Crippen LogP contribution in [-0.4, -0.2) is 60.4 Å². The summed E-state index contributed by atoms with van der Waals surface area (Å²) in [5.74, 6) is 0.278. The summed E-state index contributed by atoms with van der Waals surface area (Å²) in [6.45, 7) is 5.85. The van der Waals surface area contributed by atoms with E-state index in [0.29, 0.717) is 42.3 Å². The Hall–Kier alpha value is -3.71. The van der Waals surface area contributed by atoms with Gasteiger partial charge < -0.3 is 14.4 Å². The molecule has 1 amide bonds. The van der Waals surface area contributed by atoms with Crippen molar-refractivity contribution in [2.45, 2.75) is 32.5 Å². The first kappa shape index (κ1) is 25.4. The highest BCUT2D eigenvalue weighted by Gasteiger charge is 2.32. The van der Waals surface area contributed by atoms with E-state index in [-0.39, 0.29) is 36.2 Å². The molecule has 1 heterocycles. The lowest BCUT2D eigenvalue weighted by atomic mass is 10.0. The maximum absolute atomic E-state index is 13.2. The molecule has 0 saturated carbocycles. The van der Waals surface area contributed by atoms with Gasteiger partial charge in [-0.1, -0.05) is 42.5 Å². The summed E-state index contributed by atoms with van der Waals surface area (Å²) in [4.78, 5) is 30.3. The molecule has 36 heavy (non-hydrogen) atoms. The molecule has 4 rings (SSSR count). The molecule has 0 unspecified atom stereocenters. The van der Waals surface area contributed by atoms with Crippen molar-refractivity contribution in [1.29, 1.82) is 0 Å². The Bertz CT molecular complexity index is 1200. The predicted molar refractivity (Wildman–Crippen MR) is 136 cm³/mol. The van der Waals surface area contributed by atoms with E-state index in [1.807, 2.05) is 17.9 Å². The van der Waals surface area contributed by atoms with Gasteiger partial charge in [-0.3, -0.25) is 14.5 Å². The van der Waals surface area contributed by atoms with Crippen molar-refractivity contribution in [2.24, 2.45) is 0 Å². The number of ether oxygens (including phenoxy) is 2. The molecule has 1 aliphatic rings. The van der Waals surface area contributed by atoms with E-state index in [1.165, 1.54) is 19.2 Å². The molecule has 0 radical (unpaired) electrons. The average molecular weight is 491 g/mol. The first-order valence-corrected chi connectivity index (χ1v) is 12.0. The number of hydrogen-bond donors (Lipinski definition) is 0. The van der Waals surface area contributed by atoms with Crippen LogP contribution in [0.5, 0.6) is 11.5 Å². The molecule has 3 aromatic carbocycles. The van der Waals surface area contributed by atoms with Gasteiger partial charge >= 0.3 is 0 Å². The number of carbonyl (C=O) groups is 2. The molecule has 2 atom stereocenters. The zero-order valence-corrected chi connectivity index (χ0v) is 20.8. The van der Waals surface area contributed by atoms with Crippen LogP contribution in [0.15, 0.2) is 72.8 Å². The molecule has 0 aromatic heterocycles. The van der Waals surface area contributed by atoms with Crippen LogP contribution in [-0.2, 0) is 11.3 Å². The monoisotopic (exact) mass is 490 g/mol. The van der Waals surface area contributed by atoms with E-state index in [0.717, 1.165) is 5.56 Å². The number of amides is 1. The fourth-order valence-corrected chi connectivity index (χ4v) is 4.49. The molecule has 1 fully saturated rings. The minimum atomic E-state index is -0.250. The van der Waals surface area contributed by atoms with Crippen molar-refractivity contribution in [2.75, 3.05) is 26.8 Å². The number of methoxy groups -OCH3 is 1. The van der Waals surface area contributed by atoms with Crippen LogP contribution in [0.25, 0.3) is 0 Å². The summed E-state index contributed by atoms with van der Waals surface area (Å²) in [6.07, 6.45) is 0. The molecule has 0 N–H and O–H groups in total. The number of carbonyl (C=O) groups excluding carboxylic acids is 2. The van der Waals surface area contributed by atoms with Gasteiger partial charge in [-0.2, -0.15) is 0 Å². The largest absolute Gasteiger partial charge is 0.497 e. The van der Waals surface area contributed by atoms with E-state index < -0.39 is 0 Å². The summed E-state index contributed by atoms with van der Waals surface area (Å²) in [5, 5.41) is 0. The molecule has 0 aliphatic carbocycles. The summed E-state index contributed by atoms with van der Waals surface area (Å²) in [5.41, 5.74) is 1.95. The van der Waals surface area contributed by atoms with Gasteiger partial charge in [-0.05, 0) is 43.7 Å². The Morgan fingerprint density at radius 1 is 0.944 bits per heavy atom. The normalized spacial score (nSPS) is 18.1. The van der Waals surface area contributed by atoms with Gasteiger partial charge in [0.05, 0.1) is 12.7 Å². The third kappa shape index (κ3) is 5.91. The summed E-state index contributed by atoms with van der Waals surface area (Å²) >= 11 is 0. The van der Waals surface area contributed by atoms with Gasteiger partial charge in [-0.15, -0.1) is 0 Å². The van der Waals surface area contributed by atoms with Crippen LogP contribution in [0.3, 0.4) is 0 Å². The zero-order valence-electron chi connectivity index (χ0n) is 20.8. The smallest absolute Gasteiger partial charge is 0.260 e. The second-order valence-corrected chi connectivity index (χ2v) is 9.15. The topological polar surface area (TPSA) is 59.1 Å². The molecule has 1 saturated heterocycles. The molecule has 6 nitrogen and oxygen atoms in total. The number of nitrogens with zero attached hydrogens (tertiary/aromatic N) is 2. The van der Waals surface area contributed by atoms with Crippen LogP contribution >= 0.6 is 0 Å².